The average molecular weight is 349 g/mol. The maximum atomic E-state index is 12.5. The lowest BCUT2D eigenvalue weighted by atomic mass is 10.0. The van der Waals surface area contributed by atoms with Gasteiger partial charge in [-0.2, -0.15) is 0 Å². The van der Waals surface area contributed by atoms with Crippen LogP contribution in [0.3, 0.4) is 0 Å². The monoisotopic (exact) mass is 349 g/mol. The number of anilines is 1. The molecular weight excluding hydrogens is 322 g/mol. The third-order valence-electron chi connectivity index (χ3n) is 4.73. The van der Waals surface area contributed by atoms with Crippen molar-refractivity contribution in [1.82, 2.24) is 10.2 Å². The normalized spacial score (nSPS) is 21.7. The fourth-order valence-electron chi connectivity index (χ4n) is 3.30. The Morgan fingerprint density at radius 1 is 1.20 bits per heavy atom. The van der Waals surface area contributed by atoms with Gasteiger partial charge in [0.1, 0.15) is 17.6 Å². The predicted octanol–water partition coefficient (Wildman–Crippen LogP) is 1.10. The molecule has 2 heterocycles. The summed E-state index contributed by atoms with van der Waals surface area (Å²) in [5.74, 6) is 1.63. The van der Waals surface area contributed by atoms with Gasteiger partial charge in [0.15, 0.2) is 0 Å². The van der Waals surface area contributed by atoms with E-state index in [9.17, 15) is 4.79 Å². The molecule has 1 aromatic carbocycles. The number of piperidine rings is 1. The first kappa shape index (κ1) is 17.8. The highest BCUT2D eigenvalue weighted by molar-refractivity contribution is 5.81. The SMILES string of the molecule is COc1cc(NC2CCN(C(=O)C3CNCCO3)CC2)cc(OC)c1. The molecule has 3 rings (SSSR count). The fourth-order valence-corrected chi connectivity index (χ4v) is 3.30. The van der Waals surface area contributed by atoms with Gasteiger partial charge in [-0.25, -0.2) is 0 Å². The van der Waals surface area contributed by atoms with Crippen LogP contribution in [0.4, 0.5) is 5.69 Å². The van der Waals surface area contributed by atoms with Crippen LogP contribution in [-0.4, -0.2) is 70.0 Å². The maximum absolute atomic E-state index is 12.5. The van der Waals surface area contributed by atoms with E-state index < -0.39 is 0 Å². The minimum atomic E-state index is -0.332. The zero-order valence-electron chi connectivity index (χ0n) is 14.9. The van der Waals surface area contributed by atoms with E-state index in [-0.39, 0.29) is 12.0 Å². The van der Waals surface area contributed by atoms with Gasteiger partial charge in [0.2, 0.25) is 0 Å². The molecule has 2 N–H and O–H groups in total. The van der Waals surface area contributed by atoms with Crippen molar-refractivity contribution in [2.75, 3.05) is 52.3 Å². The summed E-state index contributed by atoms with van der Waals surface area (Å²) in [5, 5.41) is 6.74. The number of amides is 1. The first-order valence-corrected chi connectivity index (χ1v) is 8.80. The smallest absolute Gasteiger partial charge is 0.253 e. The number of ether oxygens (including phenoxy) is 3. The molecule has 0 radical (unpaired) electrons. The minimum Gasteiger partial charge on any atom is -0.497 e. The Hall–Kier alpha value is -1.99. The average Bonchev–Trinajstić information content (AvgIpc) is 2.68. The second kappa shape index (κ2) is 8.40. The molecule has 0 aliphatic carbocycles. The number of nitrogens with one attached hydrogen (secondary N) is 2. The summed E-state index contributed by atoms with van der Waals surface area (Å²) < 4.78 is 16.2. The summed E-state index contributed by atoms with van der Waals surface area (Å²) in [4.78, 5) is 14.4. The Kier molecular flexibility index (Phi) is 5.99. The van der Waals surface area contributed by atoms with Crippen LogP contribution in [0, 0.1) is 0 Å². The van der Waals surface area contributed by atoms with Gasteiger partial charge in [0, 0.05) is 56.1 Å². The topological polar surface area (TPSA) is 72.1 Å². The second-order valence-corrected chi connectivity index (χ2v) is 6.41. The van der Waals surface area contributed by atoms with Gasteiger partial charge in [-0.05, 0) is 12.8 Å². The molecule has 0 bridgehead atoms. The second-order valence-electron chi connectivity index (χ2n) is 6.41. The first-order valence-electron chi connectivity index (χ1n) is 8.80. The third kappa shape index (κ3) is 4.55. The van der Waals surface area contributed by atoms with Crippen molar-refractivity contribution in [2.45, 2.75) is 25.0 Å². The van der Waals surface area contributed by atoms with E-state index >= 15 is 0 Å². The molecule has 0 saturated carbocycles. The number of likely N-dealkylation sites (tertiary alicyclic amines) is 1. The molecular formula is C18H27N3O4. The van der Waals surface area contributed by atoms with Crippen LogP contribution in [0.5, 0.6) is 11.5 Å². The van der Waals surface area contributed by atoms with E-state index in [4.69, 9.17) is 14.2 Å². The number of nitrogens with zero attached hydrogens (tertiary/aromatic N) is 1. The largest absolute Gasteiger partial charge is 0.497 e. The Morgan fingerprint density at radius 2 is 1.88 bits per heavy atom. The fraction of sp³-hybridized carbons (Fsp3) is 0.611. The van der Waals surface area contributed by atoms with Crippen LogP contribution in [0.1, 0.15) is 12.8 Å². The molecule has 25 heavy (non-hydrogen) atoms. The molecule has 1 unspecified atom stereocenters. The third-order valence-corrected chi connectivity index (χ3v) is 4.73. The highest BCUT2D eigenvalue weighted by Crippen LogP contribution is 2.27. The van der Waals surface area contributed by atoms with Crippen molar-refractivity contribution < 1.29 is 19.0 Å². The Bertz CT molecular complexity index is 559. The number of rotatable bonds is 5. The van der Waals surface area contributed by atoms with Gasteiger partial charge in [-0.1, -0.05) is 0 Å². The number of benzene rings is 1. The zero-order chi connectivity index (χ0) is 17.6. The summed E-state index contributed by atoms with van der Waals surface area (Å²) in [6.07, 6.45) is 1.48. The Balaban J connectivity index is 1.53. The molecule has 1 aromatic rings. The van der Waals surface area contributed by atoms with Gasteiger partial charge in [0.05, 0.1) is 20.8 Å². The van der Waals surface area contributed by atoms with Crippen molar-refractivity contribution in [2.24, 2.45) is 0 Å². The predicted molar refractivity (Wildman–Crippen MR) is 95.4 cm³/mol. The number of methoxy groups -OCH3 is 2. The summed E-state index contributed by atoms with van der Waals surface area (Å²) in [6.45, 7) is 3.53. The standard InChI is InChI=1S/C18H27N3O4/c1-23-15-9-14(10-16(11-15)24-2)20-13-3-6-21(7-4-13)18(22)17-12-19-5-8-25-17/h9-11,13,17,19-20H,3-8,12H2,1-2H3. The number of hydrogen-bond acceptors (Lipinski definition) is 6. The molecule has 2 fully saturated rings. The maximum Gasteiger partial charge on any atom is 0.253 e. The van der Waals surface area contributed by atoms with Gasteiger partial charge in [0.25, 0.3) is 5.91 Å². The number of hydrogen-bond donors (Lipinski definition) is 2. The van der Waals surface area contributed by atoms with Crippen LogP contribution in [0.25, 0.3) is 0 Å². The molecule has 2 aliphatic rings. The lowest BCUT2D eigenvalue weighted by Crippen LogP contribution is -2.52. The van der Waals surface area contributed by atoms with Gasteiger partial charge >= 0.3 is 0 Å². The molecule has 2 aliphatic heterocycles. The van der Waals surface area contributed by atoms with Crippen LogP contribution in [0.2, 0.25) is 0 Å². The van der Waals surface area contributed by atoms with Gasteiger partial charge < -0.3 is 29.7 Å². The summed E-state index contributed by atoms with van der Waals surface area (Å²) in [7, 11) is 3.29. The molecule has 0 spiro atoms. The summed E-state index contributed by atoms with van der Waals surface area (Å²) >= 11 is 0. The Morgan fingerprint density at radius 3 is 2.44 bits per heavy atom. The quantitative estimate of drug-likeness (QED) is 0.829. The highest BCUT2D eigenvalue weighted by Gasteiger charge is 2.29. The molecule has 7 nitrogen and oxygen atoms in total. The van der Waals surface area contributed by atoms with Crippen LogP contribution < -0.4 is 20.1 Å². The molecule has 2 saturated heterocycles. The number of carbonyl (C=O) groups excluding carboxylic acids is 1. The van der Waals surface area contributed by atoms with E-state index in [1.165, 1.54) is 0 Å². The minimum absolute atomic E-state index is 0.105. The van der Waals surface area contributed by atoms with Gasteiger partial charge in [-0.3, -0.25) is 4.79 Å². The van der Waals surface area contributed by atoms with Crippen molar-refractivity contribution in [3.63, 3.8) is 0 Å². The lowest BCUT2D eigenvalue weighted by Gasteiger charge is -2.35. The van der Waals surface area contributed by atoms with E-state index in [1.54, 1.807) is 14.2 Å². The zero-order valence-corrected chi connectivity index (χ0v) is 14.9. The van der Waals surface area contributed by atoms with Crippen LogP contribution in [0.15, 0.2) is 18.2 Å². The Labute approximate surface area is 148 Å². The van der Waals surface area contributed by atoms with Crippen LogP contribution >= 0.6 is 0 Å². The number of morpholine rings is 1. The molecule has 138 valence electrons. The van der Waals surface area contributed by atoms with Gasteiger partial charge in [-0.15, -0.1) is 0 Å². The van der Waals surface area contributed by atoms with E-state index in [0.717, 1.165) is 49.7 Å². The van der Waals surface area contributed by atoms with Crippen LogP contribution in [-0.2, 0) is 9.53 Å². The molecule has 7 heteroatoms. The molecule has 1 atom stereocenters. The van der Waals surface area contributed by atoms with E-state index in [0.29, 0.717) is 19.2 Å². The summed E-state index contributed by atoms with van der Waals surface area (Å²) in [5.41, 5.74) is 0.973. The van der Waals surface area contributed by atoms with Crippen molar-refractivity contribution in [1.29, 1.82) is 0 Å². The van der Waals surface area contributed by atoms with Crippen molar-refractivity contribution in [3.05, 3.63) is 18.2 Å². The molecule has 1 amide bonds. The highest BCUT2D eigenvalue weighted by atomic mass is 16.5. The van der Waals surface area contributed by atoms with Crippen molar-refractivity contribution >= 4 is 11.6 Å². The summed E-state index contributed by atoms with van der Waals surface area (Å²) in [6, 6.07) is 6.10. The number of carbonyl (C=O) groups is 1. The lowest BCUT2D eigenvalue weighted by molar-refractivity contribution is -0.146. The van der Waals surface area contributed by atoms with Crippen molar-refractivity contribution in [3.8, 4) is 11.5 Å². The molecule has 0 aromatic heterocycles. The van der Waals surface area contributed by atoms with E-state index in [1.807, 2.05) is 23.1 Å². The van der Waals surface area contributed by atoms with E-state index in [2.05, 4.69) is 10.6 Å². The first-order chi connectivity index (χ1) is 12.2.